The molecule has 0 saturated carbocycles. The minimum Gasteiger partial charge on any atom is -0.497 e. The molecule has 0 aliphatic rings. The first-order valence-electron chi connectivity index (χ1n) is 5.09. The fourth-order valence-corrected chi connectivity index (χ4v) is 1.52. The molecule has 2 aromatic rings. The summed E-state index contributed by atoms with van der Waals surface area (Å²) in [6.07, 6.45) is 0.699. The summed E-state index contributed by atoms with van der Waals surface area (Å²) >= 11 is 0. The molecule has 4 nitrogen and oxygen atoms in total. The molecule has 84 valence electrons. The number of hydrogen-bond donors (Lipinski definition) is 1. The van der Waals surface area contributed by atoms with Gasteiger partial charge in [0, 0.05) is 19.0 Å². The van der Waals surface area contributed by atoms with Crippen LogP contribution in [0.3, 0.4) is 0 Å². The van der Waals surface area contributed by atoms with Crippen LogP contribution in [-0.2, 0) is 13.0 Å². The molecule has 0 spiro atoms. The second-order valence-corrected chi connectivity index (χ2v) is 3.52. The molecule has 1 aromatic heterocycles. The lowest BCUT2D eigenvalue weighted by molar-refractivity contribution is 0.383. The molecule has 0 unspecified atom stereocenters. The van der Waals surface area contributed by atoms with Crippen molar-refractivity contribution in [1.29, 1.82) is 0 Å². The molecular weight excluding hydrogens is 204 g/mol. The van der Waals surface area contributed by atoms with Crippen LogP contribution in [-0.4, -0.2) is 12.3 Å². The minimum absolute atomic E-state index is 0.404. The highest BCUT2D eigenvalue weighted by Crippen LogP contribution is 2.16. The quantitative estimate of drug-likeness (QED) is 0.849. The Hall–Kier alpha value is -1.81. The van der Waals surface area contributed by atoms with E-state index in [9.17, 15) is 0 Å². The predicted molar refractivity (Wildman–Crippen MR) is 60.2 cm³/mol. The van der Waals surface area contributed by atoms with Gasteiger partial charge in [-0.05, 0) is 17.7 Å². The number of rotatable bonds is 4. The van der Waals surface area contributed by atoms with Crippen LogP contribution in [0, 0.1) is 0 Å². The van der Waals surface area contributed by atoms with Crippen molar-refractivity contribution >= 4 is 0 Å². The van der Waals surface area contributed by atoms with E-state index < -0.39 is 0 Å². The van der Waals surface area contributed by atoms with Crippen LogP contribution in [0.5, 0.6) is 5.75 Å². The lowest BCUT2D eigenvalue weighted by Gasteiger charge is -2.01. The van der Waals surface area contributed by atoms with Crippen LogP contribution in [0.1, 0.15) is 17.0 Å². The van der Waals surface area contributed by atoms with Gasteiger partial charge < -0.3 is 15.0 Å². The number of hydrogen-bond acceptors (Lipinski definition) is 4. The van der Waals surface area contributed by atoms with Crippen molar-refractivity contribution in [1.82, 2.24) is 5.16 Å². The summed E-state index contributed by atoms with van der Waals surface area (Å²) < 4.78 is 10.3. The normalized spacial score (nSPS) is 10.4. The van der Waals surface area contributed by atoms with Gasteiger partial charge in [0.2, 0.25) is 0 Å². The SMILES string of the molecule is COc1cccc(Cc2cc(CN)no2)c1. The second-order valence-electron chi connectivity index (χ2n) is 3.52. The Bertz CT molecular complexity index is 466. The maximum Gasteiger partial charge on any atom is 0.141 e. The second kappa shape index (κ2) is 4.81. The molecule has 1 aromatic carbocycles. The van der Waals surface area contributed by atoms with Crippen LogP contribution in [0.2, 0.25) is 0 Å². The maximum atomic E-state index is 5.46. The van der Waals surface area contributed by atoms with Crippen LogP contribution >= 0.6 is 0 Å². The third-order valence-electron chi connectivity index (χ3n) is 2.33. The van der Waals surface area contributed by atoms with E-state index in [4.69, 9.17) is 15.0 Å². The molecule has 0 amide bonds. The molecule has 0 saturated heterocycles. The highest BCUT2D eigenvalue weighted by atomic mass is 16.5. The van der Waals surface area contributed by atoms with Crippen molar-refractivity contribution in [2.75, 3.05) is 7.11 Å². The van der Waals surface area contributed by atoms with E-state index in [1.165, 1.54) is 0 Å². The standard InChI is InChI=1S/C12H14N2O2/c1-15-11-4-2-3-9(5-11)6-12-7-10(8-13)14-16-12/h2-5,7H,6,8,13H2,1H3. The van der Waals surface area contributed by atoms with Gasteiger partial charge in [-0.1, -0.05) is 17.3 Å². The topological polar surface area (TPSA) is 61.3 Å². The van der Waals surface area contributed by atoms with Crippen LogP contribution in [0.4, 0.5) is 0 Å². The Morgan fingerprint density at radius 1 is 1.38 bits per heavy atom. The Kier molecular flexibility index (Phi) is 3.22. The number of methoxy groups -OCH3 is 1. The van der Waals surface area contributed by atoms with Gasteiger partial charge in [-0.3, -0.25) is 0 Å². The molecule has 0 fully saturated rings. The first-order chi connectivity index (χ1) is 7.81. The van der Waals surface area contributed by atoms with E-state index in [-0.39, 0.29) is 0 Å². The molecule has 0 radical (unpaired) electrons. The van der Waals surface area contributed by atoms with Crippen molar-refractivity contribution < 1.29 is 9.26 Å². The van der Waals surface area contributed by atoms with Crippen molar-refractivity contribution in [3.8, 4) is 5.75 Å². The molecular formula is C12H14N2O2. The first kappa shape index (κ1) is 10.7. The Morgan fingerprint density at radius 2 is 2.25 bits per heavy atom. The number of nitrogens with zero attached hydrogens (tertiary/aromatic N) is 1. The predicted octanol–water partition coefficient (Wildman–Crippen LogP) is 1.73. The van der Waals surface area contributed by atoms with Crippen LogP contribution < -0.4 is 10.5 Å². The number of ether oxygens (including phenoxy) is 1. The third kappa shape index (κ3) is 2.41. The first-order valence-corrected chi connectivity index (χ1v) is 5.09. The molecule has 0 atom stereocenters. The Balaban J connectivity index is 2.13. The molecule has 2 N–H and O–H groups in total. The zero-order chi connectivity index (χ0) is 11.4. The zero-order valence-electron chi connectivity index (χ0n) is 9.14. The summed E-state index contributed by atoms with van der Waals surface area (Å²) in [5.74, 6) is 1.66. The molecule has 0 aliphatic carbocycles. The van der Waals surface area contributed by atoms with Crippen LogP contribution in [0.15, 0.2) is 34.9 Å². The van der Waals surface area contributed by atoms with Crippen molar-refractivity contribution in [3.05, 3.63) is 47.3 Å². The highest BCUT2D eigenvalue weighted by molar-refractivity contribution is 5.30. The van der Waals surface area contributed by atoms with Gasteiger partial charge in [-0.25, -0.2) is 0 Å². The average Bonchev–Trinajstić information content (AvgIpc) is 2.77. The molecule has 4 heteroatoms. The molecule has 0 aliphatic heterocycles. The van der Waals surface area contributed by atoms with Crippen LogP contribution in [0.25, 0.3) is 0 Å². The zero-order valence-corrected chi connectivity index (χ0v) is 9.14. The molecule has 0 bridgehead atoms. The fourth-order valence-electron chi connectivity index (χ4n) is 1.52. The summed E-state index contributed by atoms with van der Waals surface area (Å²) in [4.78, 5) is 0. The van der Waals surface area contributed by atoms with Crippen molar-refractivity contribution in [3.63, 3.8) is 0 Å². The monoisotopic (exact) mass is 218 g/mol. The van der Waals surface area contributed by atoms with Gasteiger partial charge in [0.15, 0.2) is 0 Å². The van der Waals surface area contributed by atoms with E-state index in [1.54, 1.807) is 7.11 Å². The van der Waals surface area contributed by atoms with E-state index >= 15 is 0 Å². The van der Waals surface area contributed by atoms with Gasteiger partial charge in [0.25, 0.3) is 0 Å². The van der Waals surface area contributed by atoms with Gasteiger partial charge in [-0.15, -0.1) is 0 Å². The Morgan fingerprint density at radius 3 is 2.94 bits per heavy atom. The Labute approximate surface area is 94.0 Å². The van der Waals surface area contributed by atoms with E-state index in [2.05, 4.69) is 5.16 Å². The summed E-state index contributed by atoms with van der Waals surface area (Å²) in [6, 6.07) is 9.74. The molecule has 2 rings (SSSR count). The summed E-state index contributed by atoms with van der Waals surface area (Å²) in [7, 11) is 1.65. The number of benzene rings is 1. The fraction of sp³-hybridized carbons (Fsp3) is 0.250. The van der Waals surface area contributed by atoms with Gasteiger partial charge in [0.1, 0.15) is 11.5 Å². The van der Waals surface area contributed by atoms with E-state index in [0.717, 1.165) is 22.8 Å². The van der Waals surface area contributed by atoms with E-state index in [1.807, 2.05) is 30.3 Å². The molecule has 1 heterocycles. The lowest BCUT2D eigenvalue weighted by Crippen LogP contribution is -1.95. The van der Waals surface area contributed by atoms with Crippen molar-refractivity contribution in [2.45, 2.75) is 13.0 Å². The summed E-state index contributed by atoms with van der Waals surface area (Å²) in [6.45, 7) is 0.404. The highest BCUT2D eigenvalue weighted by Gasteiger charge is 2.04. The average molecular weight is 218 g/mol. The minimum atomic E-state index is 0.404. The van der Waals surface area contributed by atoms with E-state index in [0.29, 0.717) is 13.0 Å². The summed E-state index contributed by atoms with van der Waals surface area (Å²) in [5.41, 5.74) is 7.36. The number of aromatic nitrogens is 1. The van der Waals surface area contributed by atoms with Crippen molar-refractivity contribution in [2.24, 2.45) is 5.73 Å². The summed E-state index contributed by atoms with van der Waals surface area (Å²) in [5, 5.41) is 3.84. The lowest BCUT2D eigenvalue weighted by atomic mass is 10.1. The smallest absolute Gasteiger partial charge is 0.141 e. The largest absolute Gasteiger partial charge is 0.497 e. The number of nitrogens with two attached hydrogens (primary N) is 1. The third-order valence-corrected chi connectivity index (χ3v) is 2.33. The van der Waals surface area contributed by atoms with Gasteiger partial charge >= 0.3 is 0 Å². The van der Waals surface area contributed by atoms with Gasteiger partial charge in [-0.2, -0.15) is 0 Å². The van der Waals surface area contributed by atoms with Gasteiger partial charge in [0.05, 0.1) is 12.8 Å². The molecule has 16 heavy (non-hydrogen) atoms. The maximum absolute atomic E-state index is 5.46.